The summed E-state index contributed by atoms with van der Waals surface area (Å²) in [5, 5.41) is 0. The molecule has 7 heavy (non-hydrogen) atoms. The molecule has 0 aliphatic rings. The van der Waals surface area contributed by atoms with Gasteiger partial charge in [0, 0.05) is 0 Å². The molecule has 45 valence electrons. The third-order valence-corrected chi connectivity index (χ3v) is 0.174. The first-order valence-electron chi connectivity index (χ1n) is 1.43. The average molecular weight is 193 g/mol. The van der Waals surface area contributed by atoms with E-state index < -0.39 is 0 Å². The first-order valence-corrected chi connectivity index (χ1v) is 2.04. The molecule has 0 aromatic heterocycles. The van der Waals surface area contributed by atoms with E-state index in [-0.39, 0.29) is 0 Å². The van der Waals surface area contributed by atoms with Crippen LogP contribution in [0.1, 0.15) is 6.92 Å². The molecular weight excluding hydrogens is 188 g/mol. The number of carbonyl (C=O) groups excluding carboxylic acids is 1. The third-order valence-electron chi connectivity index (χ3n) is 0.174. The SMILES string of the molecule is C=C(C)[C-]=O.[O]=[Ag]. The Morgan fingerprint density at radius 2 is 1.86 bits per heavy atom. The molecule has 0 saturated carbocycles. The molecule has 0 fully saturated rings. The van der Waals surface area contributed by atoms with E-state index in [1.165, 1.54) is 0 Å². The van der Waals surface area contributed by atoms with Gasteiger partial charge in [0.05, 0.1) is 0 Å². The number of hydrogen-bond donors (Lipinski definition) is 0. The predicted octanol–water partition coefficient (Wildman–Crippen LogP) is 0.551. The monoisotopic (exact) mass is 192 g/mol. The normalized spacial score (nSPS) is 5.57. The Hall–Kier alpha value is -0.0497. The van der Waals surface area contributed by atoms with Gasteiger partial charge in [-0.1, -0.05) is 6.92 Å². The summed E-state index contributed by atoms with van der Waals surface area (Å²) >= 11 is 1.70. The molecule has 3 heteroatoms. The summed E-state index contributed by atoms with van der Waals surface area (Å²) in [6.45, 7) is 4.85. The third kappa shape index (κ3) is 24.4. The van der Waals surface area contributed by atoms with E-state index in [0.717, 1.165) is 0 Å². The van der Waals surface area contributed by atoms with Gasteiger partial charge in [-0.15, -0.1) is 0 Å². The van der Waals surface area contributed by atoms with Crippen molar-refractivity contribution in [1.82, 2.24) is 0 Å². The quantitative estimate of drug-likeness (QED) is 0.346. The zero-order valence-corrected chi connectivity index (χ0v) is 5.31. The summed E-state index contributed by atoms with van der Waals surface area (Å²) in [4.78, 5) is 9.28. The van der Waals surface area contributed by atoms with Gasteiger partial charge in [-0.25, -0.2) is 6.58 Å². The first kappa shape index (κ1) is 10.0. The standard InChI is InChI=1S/C4H5O.Ag.O/c1-4(2)3-5;;/h1H2,2H3;;/q-1;;. The van der Waals surface area contributed by atoms with Crippen LogP contribution in [0.4, 0.5) is 0 Å². The molecule has 0 amide bonds. The first-order chi connectivity index (χ1) is 3.27. The maximum atomic E-state index is 9.28. The number of allylic oxidation sites excluding steroid dienone is 1. The Balaban J connectivity index is 0. The summed E-state index contributed by atoms with van der Waals surface area (Å²) in [6, 6.07) is 0. The topological polar surface area (TPSA) is 34.1 Å². The molecule has 0 N–H and O–H groups in total. The predicted molar refractivity (Wildman–Crippen MR) is 21.2 cm³/mol. The summed E-state index contributed by atoms with van der Waals surface area (Å²) in [5.74, 6) is 0. The van der Waals surface area contributed by atoms with Crippen LogP contribution in [0, 0.1) is 0 Å². The van der Waals surface area contributed by atoms with Crippen molar-refractivity contribution in [1.29, 1.82) is 0 Å². The summed E-state index contributed by atoms with van der Waals surface area (Å²) in [5.41, 5.74) is 0.449. The Morgan fingerprint density at radius 3 is 1.86 bits per heavy atom. The molecule has 0 heterocycles. The second-order valence-corrected chi connectivity index (χ2v) is 0.882. The van der Waals surface area contributed by atoms with Gasteiger partial charge >= 0.3 is 24.3 Å². The van der Waals surface area contributed by atoms with Crippen molar-refractivity contribution >= 4 is 6.29 Å². The van der Waals surface area contributed by atoms with E-state index in [1.54, 1.807) is 34.3 Å². The van der Waals surface area contributed by atoms with Crippen LogP contribution in [-0.4, -0.2) is 6.29 Å². The van der Waals surface area contributed by atoms with E-state index >= 15 is 0 Å². The zero-order chi connectivity index (χ0) is 6.28. The molecule has 0 aromatic carbocycles. The van der Waals surface area contributed by atoms with E-state index in [1.807, 2.05) is 0 Å². The molecule has 0 radical (unpaired) electrons. The van der Waals surface area contributed by atoms with Crippen LogP contribution in [0.3, 0.4) is 0 Å². The minimum atomic E-state index is 0.449. The van der Waals surface area contributed by atoms with Gasteiger partial charge in [0.15, 0.2) is 0 Å². The molecule has 0 aliphatic heterocycles. The summed E-state index contributed by atoms with van der Waals surface area (Å²) < 4.78 is 8.06. The Morgan fingerprint density at radius 1 is 1.71 bits per heavy atom. The second kappa shape index (κ2) is 9.34. The summed E-state index contributed by atoms with van der Waals surface area (Å²) in [6.07, 6.45) is 1.58. The zero-order valence-electron chi connectivity index (χ0n) is 3.83. The fourth-order valence-corrected chi connectivity index (χ4v) is 0. The molecule has 0 bridgehead atoms. The van der Waals surface area contributed by atoms with Crippen molar-refractivity contribution in [3.63, 3.8) is 0 Å². The van der Waals surface area contributed by atoms with Gasteiger partial charge in [0.1, 0.15) is 0 Å². The van der Waals surface area contributed by atoms with Crippen molar-refractivity contribution in [3.05, 3.63) is 12.2 Å². The molecule has 0 aromatic rings. The molecule has 0 aliphatic carbocycles. The molecular formula is C4H5AgO2-. The average Bonchev–Trinajstić information content (AvgIpc) is 1.73. The van der Waals surface area contributed by atoms with E-state index in [9.17, 15) is 4.79 Å². The Labute approximate surface area is 54.9 Å². The Kier molecular flexibility index (Phi) is 13.4. The van der Waals surface area contributed by atoms with Crippen LogP contribution in [0.15, 0.2) is 12.2 Å². The molecule has 0 unspecified atom stereocenters. The van der Waals surface area contributed by atoms with Gasteiger partial charge in [0.2, 0.25) is 0 Å². The second-order valence-electron chi connectivity index (χ2n) is 0.882. The van der Waals surface area contributed by atoms with Crippen molar-refractivity contribution in [2.75, 3.05) is 0 Å². The Bertz CT molecular complexity index is 70.1. The van der Waals surface area contributed by atoms with Crippen molar-refractivity contribution in [3.8, 4) is 0 Å². The van der Waals surface area contributed by atoms with Gasteiger partial charge < -0.3 is 4.79 Å². The summed E-state index contributed by atoms with van der Waals surface area (Å²) in [7, 11) is 0. The fourth-order valence-electron chi connectivity index (χ4n) is 0. The molecule has 0 atom stereocenters. The minimum absolute atomic E-state index is 0.449. The fraction of sp³-hybridized carbons (Fsp3) is 0.250. The van der Waals surface area contributed by atoms with Crippen LogP contribution in [-0.2, 0) is 29.1 Å². The van der Waals surface area contributed by atoms with E-state index in [2.05, 4.69) is 6.58 Å². The molecule has 0 rings (SSSR count). The van der Waals surface area contributed by atoms with E-state index in [4.69, 9.17) is 3.25 Å². The van der Waals surface area contributed by atoms with Crippen LogP contribution in [0.2, 0.25) is 0 Å². The van der Waals surface area contributed by atoms with Crippen LogP contribution < -0.4 is 0 Å². The van der Waals surface area contributed by atoms with Gasteiger partial charge in [0.25, 0.3) is 0 Å². The van der Waals surface area contributed by atoms with Crippen molar-refractivity contribution in [2.45, 2.75) is 6.92 Å². The van der Waals surface area contributed by atoms with Crippen molar-refractivity contribution in [2.24, 2.45) is 0 Å². The van der Waals surface area contributed by atoms with Crippen LogP contribution in [0.25, 0.3) is 0 Å². The maximum absolute atomic E-state index is 9.28. The molecule has 0 saturated heterocycles. The number of rotatable bonds is 1. The van der Waals surface area contributed by atoms with E-state index in [0.29, 0.717) is 5.57 Å². The van der Waals surface area contributed by atoms with Gasteiger partial charge in [-0.2, -0.15) is 5.57 Å². The van der Waals surface area contributed by atoms with Crippen LogP contribution in [0.5, 0.6) is 0 Å². The van der Waals surface area contributed by atoms with Crippen molar-refractivity contribution < 1.29 is 29.1 Å². The van der Waals surface area contributed by atoms with Crippen LogP contribution >= 0.6 is 0 Å². The van der Waals surface area contributed by atoms with Gasteiger partial charge in [-0.05, 0) is 6.29 Å². The molecule has 2 nitrogen and oxygen atoms in total. The van der Waals surface area contributed by atoms with Gasteiger partial charge in [-0.3, -0.25) is 0 Å². The molecule has 0 spiro atoms. The number of hydrogen-bond acceptors (Lipinski definition) is 2.